The maximum atomic E-state index is 5.35. The minimum Gasteiger partial charge on any atom is -0.497 e. The second kappa shape index (κ2) is 7.81. The van der Waals surface area contributed by atoms with Crippen LogP contribution < -0.4 is 10.1 Å². The van der Waals surface area contributed by atoms with Gasteiger partial charge in [0.1, 0.15) is 5.75 Å². The normalized spacial score (nSPS) is 24.0. The number of rotatable bonds is 6. The van der Waals surface area contributed by atoms with E-state index < -0.39 is 0 Å². The summed E-state index contributed by atoms with van der Waals surface area (Å²) in [5.74, 6) is 1.84. The molecule has 0 heterocycles. The SMILES string of the molecule is COc1cccc(C(CNC2CCC(C)CC2)N(C)C)c1. The summed E-state index contributed by atoms with van der Waals surface area (Å²) in [6.07, 6.45) is 5.37. The Labute approximate surface area is 129 Å². The lowest BCUT2D eigenvalue weighted by atomic mass is 9.87. The summed E-state index contributed by atoms with van der Waals surface area (Å²) in [4.78, 5) is 2.28. The van der Waals surface area contributed by atoms with Crippen molar-refractivity contribution < 1.29 is 4.74 Å². The third kappa shape index (κ3) is 4.72. The van der Waals surface area contributed by atoms with Crippen LogP contribution in [0.15, 0.2) is 24.3 Å². The van der Waals surface area contributed by atoms with Gasteiger partial charge in [-0.1, -0.05) is 19.1 Å². The fraction of sp³-hybridized carbons (Fsp3) is 0.667. The number of hydrogen-bond acceptors (Lipinski definition) is 3. The predicted octanol–water partition coefficient (Wildman–Crippen LogP) is 3.47. The summed E-state index contributed by atoms with van der Waals surface area (Å²) >= 11 is 0. The van der Waals surface area contributed by atoms with Crippen molar-refractivity contribution in [2.45, 2.75) is 44.7 Å². The molecule has 0 aliphatic heterocycles. The largest absolute Gasteiger partial charge is 0.497 e. The van der Waals surface area contributed by atoms with Gasteiger partial charge in [-0.25, -0.2) is 0 Å². The first-order chi connectivity index (χ1) is 10.1. The van der Waals surface area contributed by atoms with Crippen LogP contribution in [0, 0.1) is 5.92 Å². The van der Waals surface area contributed by atoms with Crippen LogP contribution in [0.2, 0.25) is 0 Å². The lowest BCUT2D eigenvalue weighted by molar-refractivity contribution is 0.251. The Morgan fingerprint density at radius 3 is 2.57 bits per heavy atom. The maximum absolute atomic E-state index is 5.35. The van der Waals surface area contributed by atoms with Gasteiger partial charge in [-0.15, -0.1) is 0 Å². The van der Waals surface area contributed by atoms with Crippen molar-refractivity contribution in [2.24, 2.45) is 5.92 Å². The van der Waals surface area contributed by atoms with Crippen LogP contribution in [-0.2, 0) is 0 Å². The van der Waals surface area contributed by atoms with E-state index in [9.17, 15) is 0 Å². The Morgan fingerprint density at radius 1 is 1.24 bits per heavy atom. The first kappa shape index (κ1) is 16.3. The number of likely N-dealkylation sites (N-methyl/N-ethyl adjacent to an activating group) is 1. The van der Waals surface area contributed by atoms with Crippen molar-refractivity contribution >= 4 is 0 Å². The molecule has 1 fully saturated rings. The Morgan fingerprint density at radius 2 is 1.95 bits per heavy atom. The van der Waals surface area contributed by atoms with Crippen molar-refractivity contribution in [2.75, 3.05) is 27.7 Å². The van der Waals surface area contributed by atoms with Gasteiger partial charge in [0.2, 0.25) is 0 Å². The lowest BCUT2D eigenvalue weighted by Gasteiger charge is -2.31. The molecule has 118 valence electrons. The summed E-state index contributed by atoms with van der Waals surface area (Å²) in [5, 5.41) is 3.78. The first-order valence-electron chi connectivity index (χ1n) is 8.14. The number of nitrogens with zero attached hydrogens (tertiary/aromatic N) is 1. The van der Waals surface area contributed by atoms with E-state index in [1.807, 2.05) is 6.07 Å². The number of hydrogen-bond donors (Lipinski definition) is 1. The van der Waals surface area contributed by atoms with Gasteiger partial charge in [0.05, 0.1) is 7.11 Å². The van der Waals surface area contributed by atoms with Crippen molar-refractivity contribution in [3.63, 3.8) is 0 Å². The molecular formula is C18H30N2O. The van der Waals surface area contributed by atoms with Gasteiger partial charge in [-0.05, 0) is 63.4 Å². The molecule has 0 aromatic heterocycles. The molecule has 1 aliphatic rings. The summed E-state index contributed by atoms with van der Waals surface area (Å²) in [7, 11) is 6.02. The molecule has 0 saturated heterocycles. The Hall–Kier alpha value is -1.06. The summed E-state index contributed by atoms with van der Waals surface area (Å²) in [6, 6.07) is 9.50. The molecule has 0 radical (unpaired) electrons. The third-order valence-electron chi connectivity index (χ3n) is 4.72. The molecule has 0 bridgehead atoms. The van der Waals surface area contributed by atoms with Gasteiger partial charge in [0.25, 0.3) is 0 Å². The summed E-state index contributed by atoms with van der Waals surface area (Å²) < 4.78 is 5.35. The van der Waals surface area contributed by atoms with Crippen molar-refractivity contribution in [1.29, 1.82) is 0 Å². The second-order valence-corrected chi connectivity index (χ2v) is 6.62. The topological polar surface area (TPSA) is 24.5 Å². The first-order valence-corrected chi connectivity index (χ1v) is 8.14. The van der Waals surface area contributed by atoms with E-state index in [0.29, 0.717) is 12.1 Å². The monoisotopic (exact) mass is 290 g/mol. The van der Waals surface area contributed by atoms with Gasteiger partial charge in [-0.3, -0.25) is 0 Å². The average molecular weight is 290 g/mol. The molecule has 1 aromatic carbocycles. The maximum Gasteiger partial charge on any atom is 0.119 e. The fourth-order valence-corrected chi connectivity index (χ4v) is 3.19. The summed E-state index contributed by atoms with van der Waals surface area (Å²) in [5.41, 5.74) is 1.32. The van der Waals surface area contributed by atoms with E-state index in [1.165, 1.54) is 31.2 Å². The molecule has 1 unspecified atom stereocenters. The highest BCUT2D eigenvalue weighted by atomic mass is 16.5. The van der Waals surface area contributed by atoms with Gasteiger partial charge in [0.15, 0.2) is 0 Å². The van der Waals surface area contributed by atoms with Gasteiger partial charge in [-0.2, -0.15) is 0 Å². The number of ether oxygens (including phenoxy) is 1. The third-order valence-corrected chi connectivity index (χ3v) is 4.72. The zero-order valence-corrected chi connectivity index (χ0v) is 13.9. The van der Waals surface area contributed by atoms with E-state index in [-0.39, 0.29) is 0 Å². The zero-order chi connectivity index (χ0) is 15.2. The molecule has 0 amide bonds. The lowest BCUT2D eigenvalue weighted by Crippen LogP contribution is -2.38. The molecule has 0 spiro atoms. The number of benzene rings is 1. The Kier molecular flexibility index (Phi) is 6.07. The minimum absolute atomic E-state index is 0.388. The van der Waals surface area contributed by atoms with E-state index in [2.05, 4.69) is 49.4 Å². The van der Waals surface area contributed by atoms with Crippen LogP contribution in [-0.4, -0.2) is 38.7 Å². The van der Waals surface area contributed by atoms with Crippen LogP contribution >= 0.6 is 0 Å². The van der Waals surface area contributed by atoms with E-state index in [0.717, 1.165) is 18.2 Å². The van der Waals surface area contributed by atoms with Gasteiger partial charge < -0.3 is 15.0 Å². The number of nitrogens with one attached hydrogen (secondary N) is 1. The fourth-order valence-electron chi connectivity index (χ4n) is 3.19. The highest BCUT2D eigenvalue weighted by Crippen LogP contribution is 2.25. The van der Waals surface area contributed by atoms with Crippen LogP contribution in [0.5, 0.6) is 5.75 Å². The molecule has 1 N–H and O–H groups in total. The molecule has 21 heavy (non-hydrogen) atoms. The Balaban J connectivity index is 1.95. The van der Waals surface area contributed by atoms with Crippen LogP contribution in [0.25, 0.3) is 0 Å². The van der Waals surface area contributed by atoms with E-state index >= 15 is 0 Å². The zero-order valence-electron chi connectivity index (χ0n) is 13.9. The molecule has 3 heteroatoms. The summed E-state index contributed by atoms with van der Waals surface area (Å²) in [6.45, 7) is 3.37. The highest BCUT2D eigenvalue weighted by Gasteiger charge is 2.20. The predicted molar refractivity (Wildman–Crippen MR) is 88.8 cm³/mol. The van der Waals surface area contributed by atoms with Crippen molar-refractivity contribution in [3.05, 3.63) is 29.8 Å². The molecular weight excluding hydrogens is 260 g/mol. The molecule has 2 rings (SSSR count). The van der Waals surface area contributed by atoms with Crippen LogP contribution in [0.1, 0.15) is 44.2 Å². The molecule has 1 aromatic rings. The van der Waals surface area contributed by atoms with E-state index in [4.69, 9.17) is 4.74 Å². The van der Waals surface area contributed by atoms with E-state index in [1.54, 1.807) is 7.11 Å². The van der Waals surface area contributed by atoms with Gasteiger partial charge >= 0.3 is 0 Å². The smallest absolute Gasteiger partial charge is 0.119 e. The molecule has 1 saturated carbocycles. The van der Waals surface area contributed by atoms with Gasteiger partial charge in [0, 0.05) is 18.6 Å². The quantitative estimate of drug-likeness (QED) is 0.868. The Bertz CT molecular complexity index is 425. The van der Waals surface area contributed by atoms with Crippen molar-refractivity contribution in [3.8, 4) is 5.75 Å². The standard InChI is InChI=1S/C18H30N2O/c1-14-8-10-16(11-9-14)19-13-18(20(2)3)15-6-5-7-17(12-15)21-4/h5-7,12,14,16,18-19H,8-11,13H2,1-4H3. The molecule has 1 atom stereocenters. The van der Waals surface area contributed by atoms with Crippen LogP contribution in [0.4, 0.5) is 0 Å². The number of methoxy groups -OCH3 is 1. The molecule has 1 aliphatic carbocycles. The highest BCUT2D eigenvalue weighted by molar-refractivity contribution is 5.30. The minimum atomic E-state index is 0.388. The average Bonchev–Trinajstić information content (AvgIpc) is 2.49. The molecule has 3 nitrogen and oxygen atoms in total. The van der Waals surface area contributed by atoms with Crippen LogP contribution in [0.3, 0.4) is 0 Å². The second-order valence-electron chi connectivity index (χ2n) is 6.62. The van der Waals surface area contributed by atoms with Crippen molar-refractivity contribution in [1.82, 2.24) is 10.2 Å².